The summed E-state index contributed by atoms with van der Waals surface area (Å²) in [5.41, 5.74) is 2.37. The molecule has 0 saturated heterocycles. The van der Waals surface area contributed by atoms with Crippen LogP contribution in [0, 0.1) is 6.92 Å². The summed E-state index contributed by atoms with van der Waals surface area (Å²) in [6.07, 6.45) is 1.63. The van der Waals surface area contributed by atoms with Crippen LogP contribution < -0.4 is 19.8 Å². The molecule has 4 aromatic rings. The van der Waals surface area contributed by atoms with Gasteiger partial charge in [0.05, 0.1) is 56.3 Å². The molecule has 0 spiro atoms. The zero-order valence-electron chi connectivity index (χ0n) is 19.5. The quantitative estimate of drug-likeness (QED) is 0.399. The fraction of sp³-hybridized carbons (Fsp3) is 0.192. The van der Waals surface area contributed by atoms with E-state index in [4.69, 9.17) is 18.9 Å². The number of hydrogen-bond donors (Lipinski definition) is 0. The summed E-state index contributed by atoms with van der Waals surface area (Å²) < 4.78 is 22.6. The van der Waals surface area contributed by atoms with Crippen LogP contribution in [0.4, 0.5) is 0 Å². The van der Waals surface area contributed by atoms with E-state index in [2.05, 4.69) is 4.98 Å². The summed E-state index contributed by atoms with van der Waals surface area (Å²) in [6.45, 7) is 1.72. The zero-order chi connectivity index (χ0) is 24.4. The number of hydrogen-bond acceptors (Lipinski definition) is 7. The Kier molecular flexibility index (Phi) is 6.23. The van der Waals surface area contributed by atoms with Crippen molar-refractivity contribution in [2.75, 3.05) is 28.4 Å². The molecule has 8 heteroatoms. The maximum atomic E-state index is 13.9. The largest absolute Gasteiger partial charge is 0.497 e. The molecule has 0 radical (unpaired) electrons. The molecule has 2 aromatic carbocycles. The number of ether oxygens (including phenoxy) is 4. The Morgan fingerprint density at radius 3 is 2.18 bits per heavy atom. The molecule has 0 aliphatic carbocycles. The van der Waals surface area contributed by atoms with Crippen LogP contribution in [0.15, 0.2) is 59.5 Å². The molecule has 174 valence electrons. The third kappa shape index (κ3) is 3.83. The first-order valence-corrected chi connectivity index (χ1v) is 10.4. The summed E-state index contributed by atoms with van der Waals surface area (Å²) in [6, 6.07) is 14.0. The van der Waals surface area contributed by atoms with Crippen LogP contribution in [0.3, 0.4) is 0 Å². The van der Waals surface area contributed by atoms with E-state index in [1.807, 2.05) is 0 Å². The summed E-state index contributed by atoms with van der Waals surface area (Å²) in [7, 11) is 5.95. The minimum atomic E-state index is -0.577. The Bertz CT molecular complexity index is 1440. The fourth-order valence-corrected chi connectivity index (χ4v) is 3.97. The van der Waals surface area contributed by atoms with Gasteiger partial charge in [-0.3, -0.25) is 14.3 Å². The highest BCUT2D eigenvalue weighted by Gasteiger charge is 2.24. The number of pyridine rings is 2. The predicted molar refractivity (Wildman–Crippen MR) is 129 cm³/mol. The van der Waals surface area contributed by atoms with E-state index >= 15 is 0 Å². The Morgan fingerprint density at radius 2 is 1.56 bits per heavy atom. The minimum absolute atomic E-state index is 0.229. The van der Waals surface area contributed by atoms with Gasteiger partial charge in [0, 0.05) is 17.8 Å². The van der Waals surface area contributed by atoms with Gasteiger partial charge in [-0.1, -0.05) is 12.1 Å². The molecule has 0 aliphatic rings. The summed E-state index contributed by atoms with van der Waals surface area (Å²) >= 11 is 0. The highest BCUT2D eigenvalue weighted by molar-refractivity contribution is 6.07. The summed E-state index contributed by atoms with van der Waals surface area (Å²) in [5.74, 6) is 1.13. The lowest BCUT2D eigenvalue weighted by molar-refractivity contribution is 0.0600. The molecule has 2 heterocycles. The molecule has 0 saturated carbocycles. The number of aryl methyl sites for hydroxylation is 1. The molecular weight excluding hydrogens is 436 g/mol. The molecule has 2 aromatic heterocycles. The molecule has 0 atom stereocenters. The lowest BCUT2D eigenvalue weighted by atomic mass is 9.95. The number of aromatic nitrogens is 2. The van der Waals surface area contributed by atoms with Crippen LogP contribution in [0.25, 0.3) is 27.7 Å². The van der Waals surface area contributed by atoms with E-state index in [1.165, 1.54) is 18.8 Å². The van der Waals surface area contributed by atoms with E-state index in [-0.39, 0.29) is 16.5 Å². The Morgan fingerprint density at radius 1 is 0.882 bits per heavy atom. The molecule has 34 heavy (non-hydrogen) atoms. The molecule has 0 aliphatic heterocycles. The van der Waals surface area contributed by atoms with Gasteiger partial charge in [-0.05, 0) is 42.8 Å². The molecule has 0 N–H and O–H groups in total. The third-order valence-corrected chi connectivity index (χ3v) is 5.63. The molecule has 0 unspecified atom stereocenters. The third-order valence-electron chi connectivity index (χ3n) is 5.63. The van der Waals surface area contributed by atoms with Gasteiger partial charge in [0.2, 0.25) is 0 Å². The number of methoxy groups -OCH3 is 4. The Labute approximate surface area is 196 Å². The van der Waals surface area contributed by atoms with E-state index in [9.17, 15) is 9.59 Å². The number of esters is 1. The number of nitrogens with zero attached hydrogens (tertiary/aromatic N) is 2. The van der Waals surface area contributed by atoms with E-state index in [0.29, 0.717) is 45.3 Å². The average Bonchev–Trinajstić information content (AvgIpc) is 2.87. The van der Waals surface area contributed by atoms with Crippen molar-refractivity contribution >= 4 is 16.9 Å². The van der Waals surface area contributed by atoms with E-state index in [1.54, 1.807) is 75.9 Å². The van der Waals surface area contributed by atoms with Gasteiger partial charge in [0.25, 0.3) is 5.56 Å². The van der Waals surface area contributed by atoms with E-state index in [0.717, 1.165) is 0 Å². The van der Waals surface area contributed by atoms with Gasteiger partial charge >= 0.3 is 5.97 Å². The van der Waals surface area contributed by atoms with Crippen molar-refractivity contribution in [3.63, 3.8) is 0 Å². The van der Waals surface area contributed by atoms with Crippen LogP contribution in [0.2, 0.25) is 0 Å². The summed E-state index contributed by atoms with van der Waals surface area (Å²) in [5, 5.41) is 0.281. The maximum absolute atomic E-state index is 13.9. The monoisotopic (exact) mass is 460 g/mol. The normalized spacial score (nSPS) is 10.7. The van der Waals surface area contributed by atoms with Crippen LogP contribution in [0.5, 0.6) is 17.2 Å². The van der Waals surface area contributed by atoms with Crippen molar-refractivity contribution in [1.29, 1.82) is 0 Å². The van der Waals surface area contributed by atoms with Crippen LogP contribution in [0.1, 0.15) is 16.1 Å². The van der Waals surface area contributed by atoms with Gasteiger partial charge in [-0.2, -0.15) is 0 Å². The second-order valence-electron chi connectivity index (χ2n) is 7.46. The topological polar surface area (TPSA) is 88.9 Å². The molecular formula is C26H24N2O6. The Balaban J connectivity index is 2.13. The number of carbonyl (C=O) groups excluding carboxylic acids is 1. The van der Waals surface area contributed by atoms with Crippen LogP contribution in [-0.4, -0.2) is 44.0 Å². The molecule has 0 fully saturated rings. The second-order valence-corrected chi connectivity index (χ2v) is 7.46. The van der Waals surface area contributed by atoms with E-state index < -0.39 is 5.97 Å². The SMILES string of the molecule is COC(=O)c1c(C)nc2ccn(-c3cc(OC)ccc3OC)c(=O)c2c1-c1ccc(OC)cc1. The van der Waals surface area contributed by atoms with Crippen molar-refractivity contribution in [3.05, 3.63) is 76.3 Å². The standard InChI is InChI=1S/C26H24N2O6/c1-15-22(26(30)34-5)23(16-6-8-17(31-2)9-7-16)24-19(27-15)12-13-28(25(24)29)20-14-18(32-3)10-11-21(20)33-4/h6-14H,1-5H3. The predicted octanol–water partition coefficient (Wildman–Crippen LogP) is 4.17. The first-order valence-electron chi connectivity index (χ1n) is 10.4. The number of benzene rings is 2. The van der Waals surface area contributed by atoms with Crippen molar-refractivity contribution in [3.8, 4) is 34.1 Å². The van der Waals surface area contributed by atoms with Crippen molar-refractivity contribution in [2.24, 2.45) is 0 Å². The summed E-state index contributed by atoms with van der Waals surface area (Å²) in [4.78, 5) is 31.3. The van der Waals surface area contributed by atoms with Crippen molar-refractivity contribution in [2.45, 2.75) is 6.92 Å². The maximum Gasteiger partial charge on any atom is 0.340 e. The highest BCUT2D eigenvalue weighted by atomic mass is 16.5. The van der Waals surface area contributed by atoms with Gasteiger partial charge < -0.3 is 18.9 Å². The number of fused-ring (bicyclic) bond motifs is 1. The molecule has 4 rings (SSSR count). The van der Waals surface area contributed by atoms with Gasteiger partial charge in [-0.15, -0.1) is 0 Å². The Hall–Kier alpha value is -4.33. The van der Waals surface area contributed by atoms with Crippen LogP contribution >= 0.6 is 0 Å². The lowest BCUT2D eigenvalue weighted by Crippen LogP contribution is -2.21. The first kappa shape index (κ1) is 22.8. The van der Waals surface area contributed by atoms with Crippen molar-refractivity contribution < 1.29 is 23.7 Å². The highest BCUT2D eigenvalue weighted by Crippen LogP contribution is 2.34. The molecule has 0 amide bonds. The lowest BCUT2D eigenvalue weighted by Gasteiger charge is -2.17. The van der Waals surface area contributed by atoms with Crippen molar-refractivity contribution in [1.82, 2.24) is 9.55 Å². The second kappa shape index (κ2) is 9.27. The first-order chi connectivity index (χ1) is 16.4. The molecule has 8 nitrogen and oxygen atoms in total. The molecule has 0 bridgehead atoms. The average molecular weight is 460 g/mol. The number of carbonyl (C=O) groups is 1. The zero-order valence-corrected chi connectivity index (χ0v) is 19.5. The van der Waals surface area contributed by atoms with Crippen LogP contribution in [-0.2, 0) is 4.74 Å². The number of rotatable bonds is 6. The minimum Gasteiger partial charge on any atom is -0.497 e. The smallest absolute Gasteiger partial charge is 0.340 e. The van der Waals surface area contributed by atoms with Gasteiger partial charge in [0.15, 0.2) is 0 Å². The fourth-order valence-electron chi connectivity index (χ4n) is 3.97. The van der Waals surface area contributed by atoms with Gasteiger partial charge in [0.1, 0.15) is 17.2 Å². The van der Waals surface area contributed by atoms with Gasteiger partial charge in [-0.25, -0.2) is 4.79 Å².